The van der Waals surface area contributed by atoms with Gasteiger partial charge in [-0.1, -0.05) is 18.2 Å². The first kappa shape index (κ1) is 15.4. The first-order valence-corrected chi connectivity index (χ1v) is 8.16. The van der Waals surface area contributed by atoms with E-state index >= 15 is 0 Å². The summed E-state index contributed by atoms with van der Waals surface area (Å²) >= 11 is 0. The Morgan fingerprint density at radius 3 is 2.76 bits per heavy atom. The lowest BCUT2D eigenvalue weighted by Gasteiger charge is -2.17. The summed E-state index contributed by atoms with van der Waals surface area (Å²) in [5.41, 5.74) is 7.27. The van der Waals surface area contributed by atoms with Gasteiger partial charge in [-0.05, 0) is 30.7 Å². The van der Waals surface area contributed by atoms with E-state index in [1.54, 1.807) is 23.3 Å². The van der Waals surface area contributed by atoms with Crippen molar-refractivity contribution in [1.82, 2.24) is 9.88 Å². The number of hydrogen-bond donors (Lipinski definition) is 1. The van der Waals surface area contributed by atoms with Gasteiger partial charge in [0.15, 0.2) is 5.76 Å². The fraction of sp³-hybridized carbons (Fsp3) is 0.211. The highest BCUT2D eigenvalue weighted by atomic mass is 16.3. The number of para-hydroxylation sites is 1. The molecule has 0 spiro atoms. The maximum atomic E-state index is 13.1. The third kappa shape index (κ3) is 2.76. The van der Waals surface area contributed by atoms with Gasteiger partial charge in [-0.15, -0.1) is 0 Å². The Morgan fingerprint density at radius 1 is 1.20 bits per heavy atom. The number of hydrogen-bond acceptors (Lipinski definition) is 4. The number of nitrogens with zero attached hydrogens (tertiary/aromatic N) is 2. The largest absolute Gasteiger partial charge is 0.463 e. The number of carbonyl (C=O) groups is 2. The average molecular weight is 335 g/mol. The van der Waals surface area contributed by atoms with Crippen molar-refractivity contribution in [1.29, 1.82) is 0 Å². The number of primary amides is 1. The van der Waals surface area contributed by atoms with Gasteiger partial charge < -0.3 is 15.1 Å². The molecular formula is C19H17N3O3. The van der Waals surface area contributed by atoms with E-state index in [2.05, 4.69) is 4.98 Å². The molecular weight excluding hydrogens is 318 g/mol. The molecule has 1 fully saturated rings. The number of likely N-dealkylation sites (tertiary alicyclic amines) is 1. The Labute approximate surface area is 144 Å². The van der Waals surface area contributed by atoms with Crippen LogP contribution in [0.3, 0.4) is 0 Å². The van der Waals surface area contributed by atoms with Crippen LogP contribution in [0.4, 0.5) is 0 Å². The van der Waals surface area contributed by atoms with Crippen LogP contribution in [0, 0.1) is 5.92 Å². The summed E-state index contributed by atoms with van der Waals surface area (Å²) in [6.07, 6.45) is 2.18. The highest BCUT2D eigenvalue weighted by Crippen LogP contribution is 2.27. The second-order valence-electron chi connectivity index (χ2n) is 6.19. The first-order chi connectivity index (χ1) is 12.1. The first-order valence-electron chi connectivity index (χ1n) is 8.16. The number of pyridine rings is 1. The van der Waals surface area contributed by atoms with Crippen molar-refractivity contribution in [2.45, 2.75) is 6.42 Å². The third-order valence-electron chi connectivity index (χ3n) is 4.60. The highest BCUT2D eigenvalue weighted by molar-refractivity contribution is 6.07. The third-order valence-corrected chi connectivity index (χ3v) is 4.60. The fourth-order valence-electron chi connectivity index (χ4n) is 3.25. The van der Waals surface area contributed by atoms with Gasteiger partial charge in [0, 0.05) is 18.5 Å². The van der Waals surface area contributed by atoms with Crippen LogP contribution in [0.1, 0.15) is 16.8 Å². The van der Waals surface area contributed by atoms with E-state index in [0.29, 0.717) is 36.5 Å². The van der Waals surface area contributed by atoms with Crippen LogP contribution < -0.4 is 5.73 Å². The molecule has 0 radical (unpaired) electrons. The Hall–Kier alpha value is -3.15. The Balaban J connectivity index is 1.78. The number of nitrogens with two attached hydrogens (primary N) is 1. The zero-order valence-electron chi connectivity index (χ0n) is 13.5. The molecule has 2 N–H and O–H groups in total. The predicted octanol–water partition coefficient (Wildman–Crippen LogP) is 2.44. The summed E-state index contributed by atoms with van der Waals surface area (Å²) in [6.45, 7) is 0.889. The minimum absolute atomic E-state index is 0.116. The van der Waals surface area contributed by atoms with Crippen molar-refractivity contribution < 1.29 is 14.0 Å². The maximum absolute atomic E-state index is 13.1. The topological polar surface area (TPSA) is 89.4 Å². The molecule has 25 heavy (non-hydrogen) atoms. The van der Waals surface area contributed by atoms with Crippen molar-refractivity contribution in [2.75, 3.05) is 13.1 Å². The van der Waals surface area contributed by atoms with Crippen LogP contribution in [0.5, 0.6) is 0 Å². The van der Waals surface area contributed by atoms with Crippen LogP contribution in [0.2, 0.25) is 0 Å². The minimum atomic E-state index is -0.355. The molecule has 1 aliphatic heterocycles. The molecule has 6 heteroatoms. The molecule has 1 atom stereocenters. The Bertz CT molecular complexity index is 950. The number of amides is 2. The lowest BCUT2D eigenvalue weighted by atomic mass is 10.1. The molecule has 3 aromatic rings. The number of benzene rings is 1. The quantitative estimate of drug-likeness (QED) is 0.796. The van der Waals surface area contributed by atoms with E-state index < -0.39 is 0 Å². The molecule has 2 aromatic heterocycles. The number of aromatic nitrogens is 1. The fourth-order valence-corrected chi connectivity index (χ4v) is 3.25. The van der Waals surface area contributed by atoms with Crippen LogP contribution in [-0.2, 0) is 4.79 Å². The van der Waals surface area contributed by atoms with Crippen molar-refractivity contribution in [2.24, 2.45) is 11.7 Å². The van der Waals surface area contributed by atoms with Crippen molar-refractivity contribution in [3.05, 3.63) is 54.3 Å². The number of rotatable bonds is 3. The smallest absolute Gasteiger partial charge is 0.254 e. The molecule has 3 heterocycles. The van der Waals surface area contributed by atoms with Crippen LogP contribution in [0.15, 0.2) is 53.1 Å². The molecule has 0 aliphatic carbocycles. The molecule has 6 nitrogen and oxygen atoms in total. The van der Waals surface area contributed by atoms with Gasteiger partial charge in [-0.2, -0.15) is 0 Å². The van der Waals surface area contributed by atoms with Gasteiger partial charge in [-0.3, -0.25) is 9.59 Å². The molecule has 1 aromatic carbocycles. The molecule has 4 rings (SSSR count). The molecule has 0 bridgehead atoms. The van der Waals surface area contributed by atoms with E-state index in [9.17, 15) is 9.59 Å². The molecule has 126 valence electrons. The van der Waals surface area contributed by atoms with Gasteiger partial charge in [0.05, 0.1) is 23.3 Å². The number of furan rings is 1. The standard InChI is InChI=1S/C19H17N3O3/c20-18(23)12-7-8-22(11-12)19(24)14-10-16(17-6-3-9-25-17)21-15-5-2-1-4-13(14)15/h1-6,9-10,12H,7-8,11H2,(H2,20,23)/t12-/m1/s1. The zero-order chi connectivity index (χ0) is 17.4. The van der Waals surface area contributed by atoms with Gasteiger partial charge in [0.25, 0.3) is 5.91 Å². The predicted molar refractivity (Wildman–Crippen MR) is 92.6 cm³/mol. The molecule has 0 unspecified atom stereocenters. The van der Waals surface area contributed by atoms with Gasteiger partial charge >= 0.3 is 0 Å². The zero-order valence-corrected chi connectivity index (χ0v) is 13.5. The van der Waals surface area contributed by atoms with Crippen molar-refractivity contribution in [3.63, 3.8) is 0 Å². The molecule has 0 saturated carbocycles. The van der Waals surface area contributed by atoms with E-state index in [-0.39, 0.29) is 17.7 Å². The van der Waals surface area contributed by atoms with Crippen LogP contribution in [0.25, 0.3) is 22.4 Å². The summed E-state index contributed by atoms with van der Waals surface area (Å²) < 4.78 is 5.43. The number of carbonyl (C=O) groups excluding carboxylic acids is 2. The van der Waals surface area contributed by atoms with E-state index in [4.69, 9.17) is 10.2 Å². The Morgan fingerprint density at radius 2 is 2.04 bits per heavy atom. The molecule has 1 aliphatic rings. The van der Waals surface area contributed by atoms with E-state index in [1.165, 1.54) is 0 Å². The SMILES string of the molecule is NC(=O)[C@@H]1CCN(C(=O)c2cc(-c3ccco3)nc3ccccc23)C1. The molecule has 2 amide bonds. The van der Waals surface area contributed by atoms with Gasteiger partial charge in [-0.25, -0.2) is 4.98 Å². The second kappa shape index (κ2) is 6.05. The maximum Gasteiger partial charge on any atom is 0.254 e. The molecule has 1 saturated heterocycles. The van der Waals surface area contributed by atoms with Gasteiger partial charge in [0.2, 0.25) is 5.91 Å². The van der Waals surface area contributed by atoms with E-state index in [1.807, 2.05) is 30.3 Å². The van der Waals surface area contributed by atoms with Crippen molar-refractivity contribution >= 4 is 22.7 Å². The average Bonchev–Trinajstić information content (AvgIpc) is 3.31. The minimum Gasteiger partial charge on any atom is -0.463 e. The monoisotopic (exact) mass is 335 g/mol. The summed E-state index contributed by atoms with van der Waals surface area (Å²) in [6, 6.07) is 12.9. The lowest BCUT2D eigenvalue weighted by molar-refractivity contribution is -0.121. The van der Waals surface area contributed by atoms with Crippen molar-refractivity contribution in [3.8, 4) is 11.5 Å². The summed E-state index contributed by atoms with van der Waals surface area (Å²) in [7, 11) is 0. The normalized spacial score (nSPS) is 17.1. The second-order valence-corrected chi connectivity index (χ2v) is 6.19. The van der Waals surface area contributed by atoms with E-state index in [0.717, 1.165) is 10.9 Å². The van der Waals surface area contributed by atoms with Crippen LogP contribution >= 0.6 is 0 Å². The Kier molecular flexibility index (Phi) is 3.72. The van der Waals surface area contributed by atoms with Crippen LogP contribution in [-0.4, -0.2) is 34.8 Å². The lowest BCUT2D eigenvalue weighted by Crippen LogP contribution is -2.31. The summed E-state index contributed by atoms with van der Waals surface area (Å²) in [5, 5.41) is 0.783. The summed E-state index contributed by atoms with van der Waals surface area (Å²) in [4.78, 5) is 30.7. The highest BCUT2D eigenvalue weighted by Gasteiger charge is 2.31. The summed E-state index contributed by atoms with van der Waals surface area (Å²) in [5.74, 6) is -0.140. The van der Waals surface area contributed by atoms with Gasteiger partial charge in [0.1, 0.15) is 5.69 Å². The number of fused-ring (bicyclic) bond motifs is 1.